The molecule has 2 aromatic heterocycles. The zero-order valence-electron chi connectivity index (χ0n) is 12.2. The van der Waals surface area contributed by atoms with Crippen LogP contribution >= 0.6 is 11.6 Å². The Labute approximate surface area is 137 Å². The minimum absolute atomic E-state index is 0.150. The average molecular weight is 328 g/mol. The minimum Gasteiger partial charge on any atom is -0.508 e. The summed E-state index contributed by atoms with van der Waals surface area (Å²) in [5.74, 6) is 0.0635. The summed E-state index contributed by atoms with van der Waals surface area (Å²) in [6.07, 6.45) is 2.54. The molecule has 3 aromatic rings. The van der Waals surface area contributed by atoms with Crippen LogP contribution in [0.25, 0.3) is 5.65 Å². The number of phenols is 1. The van der Waals surface area contributed by atoms with Gasteiger partial charge >= 0.3 is 0 Å². The van der Waals surface area contributed by atoms with Gasteiger partial charge in [0.1, 0.15) is 11.4 Å². The Morgan fingerprint density at radius 2 is 2.09 bits per heavy atom. The van der Waals surface area contributed by atoms with Crippen molar-refractivity contribution in [3.05, 3.63) is 64.6 Å². The first-order valence-corrected chi connectivity index (χ1v) is 7.74. The maximum Gasteiger partial charge on any atom is 0.274 e. The molecule has 0 bridgehead atoms. The van der Waals surface area contributed by atoms with Crippen molar-refractivity contribution < 1.29 is 9.90 Å². The monoisotopic (exact) mass is 327 g/mol. The Morgan fingerprint density at radius 1 is 1.22 bits per heavy atom. The second-order valence-corrected chi connectivity index (χ2v) is 5.97. The number of halogens is 1. The van der Waals surface area contributed by atoms with Crippen LogP contribution in [0.4, 0.5) is 0 Å². The fourth-order valence-electron chi connectivity index (χ4n) is 3.03. The molecule has 1 N–H and O–H groups in total. The molecule has 1 aliphatic heterocycles. The zero-order valence-corrected chi connectivity index (χ0v) is 13.0. The van der Waals surface area contributed by atoms with Gasteiger partial charge in [0, 0.05) is 19.3 Å². The summed E-state index contributed by atoms with van der Waals surface area (Å²) >= 11 is 6.19. The van der Waals surface area contributed by atoms with Crippen molar-refractivity contribution in [3.63, 3.8) is 0 Å². The average Bonchev–Trinajstić information content (AvgIpc) is 2.89. The van der Waals surface area contributed by atoms with E-state index in [0.29, 0.717) is 24.4 Å². The summed E-state index contributed by atoms with van der Waals surface area (Å²) in [6, 6.07) is 10.8. The molecule has 1 aliphatic rings. The molecule has 0 aliphatic carbocycles. The van der Waals surface area contributed by atoms with Crippen LogP contribution in [0, 0.1) is 0 Å². The lowest BCUT2D eigenvalue weighted by atomic mass is 9.99. The Hall–Kier alpha value is -2.53. The lowest BCUT2D eigenvalue weighted by molar-refractivity contribution is 0.0727. The maximum atomic E-state index is 12.9. The zero-order chi connectivity index (χ0) is 16.0. The molecule has 0 saturated heterocycles. The van der Waals surface area contributed by atoms with E-state index < -0.39 is 0 Å². The van der Waals surface area contributed by atoms with Crippen molar-refractivity contribution in [2.24, 2.45) is 0 Å². The number of fused-ring (bicyclic) bond motifs is 2. The van der Waals surface area contributed by atoms with Crippen LogP contribution in [0.1, 0.15) is 21.6 Å². The van der Waals surface area contributed by atoms with Gasteiger partial charge in [-0.25, -0.2) is 4.98 Å². The molecule has 0 saturated carbocycles. The topological polar surface area (TPSA) is 57.8 Å². The van der Waals surface area contributed by atoms with Crippen molar-refractivity contribution >= 4 is 23.2 Å². The molecule has 0 atom stereocenters. The molecule has 1 amide bonds. The number of amides is 1. The number of benzene rings is 1. The van der Waals surface area contributed by atoms with Crippen LogP contribution in [0.2, 0.25) is 5.15 Å². The Balaban J connectivity index is 1.71. The molecule has 116 valence electrons. The summed E-state index contributed by atoms with van der Waals surface area (Å²) in [7, 11) is 0. The molecule has 1 aromatic carbocycles. The van der Waals surface area contributed by atoms with E-state index in [2.05, 4.69) is 4.98 Å². The van der Waals surface area contributed by atoms with Gasteiger partial charge in [-0.15, -0.1) is 0 Å². The van der Waals surface area contributed by atoms with Gasteiger partial charge in [-0.2, -0.15) is 0 Å². The number of pyridine rings is 1. The van der Waals surface area contributed by atoms with Crippen LogP contribution in [0.5, 0.6) is 5.75 Å². The highest BCUT2D eigenvalue weighted by Crippen LogP contribution is 2.26. The van der Waals surface area contributed by atoms with Crippen molar-refractivity contribution in [1.29, 1.82) is 0 Å². The number of imidazole rings is 1. The molecule has 0 fully saturated rings. The van der Waals surface area contributed by atoms with Crippen LogP contribution in [-0.2, 0) is 13.0 Å². The van der Waals surface area contributed by atoms with E-state index in [1.807, 2.05) is 24.3 Å². The van der Waals surface area contributed by atoms with Crippen LogP contribution in [0.15, 0.2) is 42.6 Å². The van der Waals surface area contributed by atoms with Gasteiger partial charge in [0.25, 0.3) is 5.91 Å². The van der Waals surface area contributed by atoms with Gasteiger partial charge in [0.2, 0.25) is 0 Å². The van der Waals surface area contributed by atoms with Gasteiger partial charge in [-0.05, 0) is 41.8 Å². The van der Waals surface area contributed by atoms with Crippen molar-refractivity contribution in [2.45, 2.75) is 13.0 Å². The lowest BCUT2D eigenvalue weighted by Gasteiger charge is -2.28. The SMILES string of the molecule is O=C(c1c(Cl)nc2ccccn12)N1CCc2ccc(O)cc2C1. The van der Waals surface area contributed by atoms with Crippen molar-refractivity contribution in [2.75, 3.05) is 6.54 Å². The number of carbonyl (C=O) groups excluding carboxylic acids is 1. The van der Waals surface area contributed by atoms with Gasteiger partial charge in [0.15, 0.2) is 10.8 Å². The van der Waals surface area contributed by atoms with E-state index >= 15 is 0 Å². The maximum absolute atomic E-state index is 12.9. The van der Waals surface area contributed by atoms with E-state index in [0.717, 1.165) is 17.5 Å². The van der Waals surface area contributed by atoms with Crippen molar-refractivity contribution in [1.82, 2.24) is 14.3 Å². The summed E-state index contributed by atoms with van der Waals surface area (Å²) in [5.41, 5.74) is 3.16. The molecule has 23 heavy (non-hydrogen) atoms. The number of aromatic nitrogens is 2. The predicted octanol–water partition coefficient (Wildman–Crippen LogP) is 2.89. The third-order valence-electron chi connectivity index (χ3n) is 4.18. The molecule has 3 heterocycles. The van der Waals surface area contributed by atoms with E-state index in [9.17, 15) is 9.90 Å². The molecule has 6 heteroatoms. The molecule has 0 radical (unpaired) electrons. The first-order chi connectivity index (χ1) is 11.1. The Kier molecular flexibility index (Phi) is 3.23. The number of phenolic OH excluding ortho intramolecular Hbond substituents is 1. The normalized spacial score (nSPS) is 14.0. The molecule has 0 spiro atoms. The first-order valence-electron chi connectivity index (χ1n) is 7.36. The fourth-order valence-corrected chi connectivity index (χ4v) is 3.28. The largest absolute Gasteiger partial charge is 0.508 e. The number of nitrogens with zero attached hydrogens (tertiary/aromatic N) is 3. The highest BCUT2D eigenvalue weighted by molar-refractivity contribution is 6.32. The van der Waals surface area contributed by atoms with Crippen LogP contribution in [-0.4, -0.2) is 31.8 Å². The molecule has 5 nitrogen and oxygen atoms in total. The fraction of sp³-hybridized carbons (Fsp3) is 0.176. The van der Waals surface area contributed by atoms with E-state index in [1.54, 1.807) is 27.6 Å². The van der Waals surface area contributed by atoms with Gasteiger partial charge < -0.3 is 10.0 Å². The number of carbonyl (C=O) groups is 1. The van der Waals surface area contributed by atoms with E-state index in [-0.39, 0.29) is 16.8 Å². The first kappa shape index (κ1) is 14.1. The summed E-state index contributed by atoms with van der Waals surface area (Å²) < 4.78 is 1.71. The smallest absolute Gasteiger partial charge is 0.274 e. The summed E-state index contributed by atoms with van der Waals surface area (Å²) in [6.45, 7) is 1.08. The second kappa shape index (κ2) is 5.28. The standard InChI is InChI=1S/C17H14ClN3O2/c18-16-15(21-7-2-1-3-14(21)19-16)17(23)20-8-6-11-4-5-13(22)9-12(11)10-20/h1-5,7,9,22H,6,8,10H2. The Bertz CT molecular complexity index is 919. The Morgan fingerprint density at radius 3 is 2.96 bits per heavy atom. The molecular weight excluding hydrogens is 314 g/mol. The summed E-state index contributed by atoms with van der Waals surface area (Å²) in [5, 5.41) is 9.85. The molecule has 0 unspecified atom stereocenters. The minimum atomic E-state index is -0.150. The number of hydrogen-bond acceptors (Lipinski definition) is 3. The summed E-state index contributed by atoms with van der Waals surface area (Å²) in [4.78, 5) is 18.9. The van der Waals surface area contributed by atoms with Crippen LogP contribution in [0.3, 0.4) is 0 Å². The van der Waals surface area contributed by atoms with E-state index in [4.69, 9.17) is 11.6 Å². The lowest BCUT2D eigenvalue weighted by Crippen LogP contribution is -2.36. The highest BCUT2D eigenvalue weighted by Gasteiger charge is 2.26. The van der Waals surface area contributed by atoms with E-state index in [1.165, 1.54) is 0 Å². The highest BCUT2D eigenvalue weighted by atomic mass is 35.5. The third-order valence-corrected chi connectivity index (χ3v) is 4.44. The molecule has 4 rings (SSSR count). The van der Waals surface area contributed by atoms with Gasteiger partial charge in [-0.3, -0.25) is 9.20 Å². The third kappa shape index (κ3) is 2.33. The number of aromatic hydroxyl groups is 1. The molecular formula is C17H14ClN3O2. The second-order valence-electron chi connectivity index (χ2n) is 5.61. The van der Waals surface area contributed by atoms with Crippen molar-refractivity contribution in [3.8, 4) is 5.75 Å². The van der Waals surface area contributed by atoms with Gasteiger partial charge in [0.05, 0.1) is 0 Å². The predicted molar refractivity (Wildman–Crippen MR) is 86.8 cm³/mol. The van der Waals surface area contributed by atoms with Crippen LogP contribution < -0.4 is 0 Å². The number of hydrogen-bond donors (Lipinski definition) is 1. The van der Waals surface area contributed by atoms with Gasteiger partial charge in [-0.1, -0.05) is 23.7 Å². The number of rotatable bonds is 1. The quantitative estimate of drug-likeness (QED) is 0.747.